The number of benzene rings is 1. The van der Waals surface area contributed by atoms with Crippen molar-refractivity contribution in [1.82, 2.24) is 9.97 Å². The number of alkyl halides is 6. The molecule has 1 aromatic carbocycles. The third-order valence-corrected chi connectivity index (χ3v) is 2.77. The van der Waals surface area contributed by atoms with Crippen LogP contribution >= 0.6 is 0 Å². The number of halogens is 7. The van der Waals surface area contributed by atoms with Gasteiger partial charge in [0.1, 0.15) is 11.4 Å². The molecule has 0 saturated carbocycles. The summed E-state index contributed by atoms with van der Waals surface area (Å²) in [7, 11) is 0. The Morgan fingerprint density at radius 1 is 1.04 bits per heavy atom. The Morgan fingerprint density at radius 3 is 2.20 bits per heavy atom. The maximum Gasteiger partial charge on any atom is 0.434 e. The molecule has 0 unspecified atom stereocenters. The predicted octanol–water partition coefficient (Wildman–Crippen LogP) is 4.10. The first-order chi connectivity index (χ1) is 11.4. The SMILES string of the molecule is O=C(O)c1cnc(Nc2cc(F)cc(C(F)(F)F)c2)nc1C(F)(F)F. The van der Waals surface area contributed by atoms with E-state index < -0.39 is 52.6 Å². The van der Waals surface area contributed by atoms with Crippen molar-refractivity contribution >= 4 is 17.6 Å². The number of hydrogen-bond acceptors (Lipinski definition) is 4. The van der Waals surface area contributed by atoms with E-state index in [1.54, 1.807) is 0 Å². The van der Waals surface area contributed by atoms with Gasteiger partial charge in [-0.05, 0) is 18.2 Å². The minimum atomic E-state index is -5.15. The van der Waals surface area contributed by atoms with Gasteiger partial charge in [0.15, 0.2) is 5.69 Å². The number of rotatable bonds is 3. The molecule has 0 spiro atoms. The van der Waals surface area contributed by atoms with Gasteiger partial charge in [-0.15, -0.1) is 0 Å². The van der Waals surface area contributed by atoms with E-state index in [1.807, 2.05) is 5.32 Å². The third kappa shape index (κ3) is 4.33. The van der Waals surface area contributed by atoms with Gasteiger partial charge in [0.2, 0.25) is 5.95 Å². The van der Waals surface area contributed by atoms with Crippen molar-refractivity contribution < 1.29 is 40.6 Å². The zero-order valence-electron chi connectivity index (χ0n) is 11.7. The second-order valence-electron chi connectivity index (χ2n) is 4.61. The molecule has 0 bridgehead atoms. The van der Waals surface area contributed by atoms with Crippen LogP contribution in [0.5, 0.6) is 0 Å². The minimum absolute atomic E-state index is 0.195. The molecule has 0 aliphatic carbocycles. The fourth-order valence-electron chi connectivity index (χ4n) is 1.77. The zero-order chi connectivity index (χ0) is 19.0. The molecule has 2 rings (SSSR count). The first-order valence-electron chi connectivity index (χ1n) is 6.20. The zero-order valence-corrected chi connectivity index (χ0v) is 11.7. The molecular formula is C13H6F7N3O2. The fraction of sp³-hybridized carbons (Fsp3) is 0.154. The molecule has 0 amide bonds. The molecule has 2 N–H and O–H groups in total. The number of hydrogen-bond donors (Lipinski definition) is 2. The van der Waals surface area contributed by atoms with Gasteiger partial charge in [0.05, 0.1) is 5.56 Å². The lowest BCUT2D eigenvalue weighted by Gasteiger charge is -2.13. The molecule has 1 heterocycles. The number of nitrogens with zero attached hydrogens (tertiary/aromatic N) is 2. The predicted molar refractivity (Wildman–Crippen MR) is 68.7 cm³/mol. The van der Waals surface area contributed by atoms with Crippen LogP contribution in [0, 0.1) is 5.82 Å². The highest BCUT2D eigenvalue weighted by molar-refractivity contribution is 5.88. The number of anilines is 2. The molecule has 0 radical (unpaired) electrons. The molecule has 2 aromatic rings. The van der Waals surface area contributed by atoms with Crippen molar-refractivity contribution in [2.45, 2.75) is 12.4 Å². The standard InChI is InChI=1S/C13H6F7N3O2/c14-6-1-5(12(15,16)17)2-7(3-6)22-11-21-4-8(10(24)25)9(23-11)13(18,19)20/h1-4H,(H,24,25)(H,21,22,23). The quantitative estimate of drug-likeness (QED) is 0.797. The Labute approximate surface area is 134 Å². The van der Waals surface area contributed by atoms with Gasteiger partial charge in [-0.3, -0.25) is 0 Å². The number of aromatic nitrogens is 2. The Kier molecular flexibility index (Phi) is 4.55. The summed E-state index contributed by atoms with van der Waals surface area (Å²) in [5.41, 5.74) is -4.99. The van der Waals surface area contributed by atoms with E-state index in [9.17, 15) is 35.5 Å². The van der Waals surface area contributed by atoms with Crippen molar-refractivity contribution in [2.75, 3.05) is 5.32 Å². The molecule has 1 aromatic heterocycles. The van der Waals surface area contributed by atoms with Crippen LogP contribution in [-0.4, -0.2) is 21.0 Å². The molecule has 12 heteroatoms. The maximum atomic E-state index is 13.3. The van der Waals surface area contributed by atoms with Crippen LogP contribution in [0.1, 0.15) is 21.6 Å². The number of carboxylic acid groups (broad SMARTS) is 1. The van der Waals surface area contributed by atoms with Crippen LogP contribution in [0.2, 0.25) is 0 Å². The van der Waals surface area contributed by atoms with Gasteiger partial charge >= 0.3 is 18.3 Å². The molecular weight excluding hydrogens is 363 g/mol. The van der Waals surface area contributed by atoms with Gasteiger partial charge < -0.3 is 10.4 Å². The first-order valence-corrected chi connectivity index (χ1v) is 6.20. The highest BCUT2D eigenvalue weighted by Crippen LogP contribution is 2.33. The lowest BCUT2D eigenvalue weighted by Crippen LogP contribution is -2.17. The van der Waals surface area contributed by atoms with Crippen molar-refractivity contribution in [1.29, 1.82) is 0 Å². The third-order valence-electron chi connectivity index (χ3n) is 2.77. The monoisotopic (exact) mass is 369 g/mol. The Bertz CT molecular complexity index is 818. The summed E-state index contributed by atoms with van der Waals surface area (Å²) < 4.78 is 89.6. The number of nitrogens with one attached hydrogen (secondary N) is 1. The Balaban J connectivity index is 2.45. The molecule has 0 fully saturated rings. The van der Waals surface area contributed by atoms with Crippen molar-refractivity contribution in [3.63, 3.8) is 0 Å². The van der Waals surface area contributed by atoms with Crippen LogP contribution in [0.15, 0.2) is 24.4 Å². The lowest BCUT2D eigenvalue weighted by atomic mass is 10.2. The molecule has 0 saturated heterocycles. The summed E-state index contributed by atoms with van der Waals surface area (Å²) in [6.07, 6.45) is -9.69. The first kappa shape index (κ1) is 18.4. The van der Waals surface area contributed by atoms with Crippen molar-refractivity contribution in [2.24, 2.45) is 0 Å². The van der Waals surface area contributed by atoms with Crippen molar-refractivity contribution in [3.05, 3.63) is 47.0 Å². The number of carboxylic acids is 1. The summed E-state index contributed by atoms with van der Waals surface area (Å²) in [6, 6.07) is 1.21. The van der Waals surface area contributed by atoms with E-state index in [2.05, 4.69) is 9.97 Å². The van der Waals surface area contributed by atoms with Gasteiger partial charge in [0, 0.05) is 11.9 Å². The smallest absolute Gasteiger partial charge is 0.434 e. The summed E-state index contributed by atoms with van der Waals surface area (Å²) in [6.45, 7) is 0. The normalized spacial score (nSPS) is 12.1. The van der Waals surface area contributed by atoms with Crippen molar-refractivity contribution in [3.8, 4) is 0 Å². The van der Waals surface area contributed by atoms with Gasteiger partial charge in [-0.2, -0.15) is 26.3 Å². The van der Waals surface area contributed by atoms with Gasteiger partial charge in [0.25, 0.3) is 0 Å². The molecule has 25 heavy (non-hydrogen) atoms. The van der Waals surface area contributed by atoms with Crippen LogP contribution in [0.3, 0.4) is 0 Å². The minimum Gasteiger partial charge on any atom is -0.478 e. The van der Waals surface area contributed by atoms with E-state index in [0.717, 1.165) is 0 Å². The summed E-state index contributed by atoms with van der Waals surface area (Å²) >= 11 is 0. The average molecular weight is 369 g/mol. The molecule has 5 nitrogen and oxygen atoms in total. The largest absolute Gasteiger partial charge is 0.478 e. The Morgan fingerprint density at radius 2 is 1.68 bits per heavy atom. The van der Waals surface area contributed by atoms with Crippen LogP contribution in [-0.2, 0) is 12.4 Å². The van der Waals surface area contributed by atoms with E-state index in [1.165, 1.54) is 0 Å². The Hall–Kier alpha value is -2.92. The molecule has 0 aliphatic heterocycles. The molecule has 134 valence electrons. The van der Waals surface area contributed by atoms with Crippen LogP contribution in [0.25, 0.3) is 0 Å². The fourth-order valence-corrected chi connectivity index (χ4v) is 1.77. The highest BCUT2D eigenvalue weighted by atomic mass is 19.4. The van der Waals surface area contributed by atoms with E-state index >= 15 is 0 Å². The summed E-state index contributed by atoms with van der Waals surface area (Å²) in [5.74, 6) is -4.09. The average Bonchev–Trinajstić information content (AvgIpc) is 2.44. The second-order valence-corrected chi connectivity index (χ2v) is 4.61. The van der Waals surface area contributed by atoms with Crippen LogP contribution < -0.4 is 5.32 Å². The maximum absolute atomic E-state index is 13.3. The van der Waals surface area contributed by atoms with E-state index in [-0.39, 0.29) is 6.07 Å². The summed E-state index contributed by atoms with van der Waals surface area (Å²) in [5, 5.41) is 10.7. The van der Waals surface area contributed by atoms with Gasteiger partial charge in [-0.1, -0.05) is 0 Å². The second kappa shape index (κ2) is 6.18. The van der Waals surface area contributed by atoms with Crippen LogP contribution in [0.4, 0.5) is 42.4 Å². The van der Waals surface area contributed by atoms with Gasteiger partial charge in [-0.25, -0.2) is 19.2 Å². The number of aromatic carboxylic acids is 1. The topological polar surface area (TPSA) is 75.1 Å². The lowest BCUT2D eigenvalue weighted by molar-refractivity contribution is -0.141. The summed E-state index contributed by atoms with van der Waals surface area (Å²) in [4.78, 5) is 17.0. The molecule has 0 atom stereocenters. The molecule has 0 aliphatic rings. The van der Waals surface area contributed by atoms with E-state index in [4.69, 9.17) is 5.11 Å². The van der Waals surface area contributed by atoms with E-state index in [0.29, 0.717) is 18.3 Å². The highest BCUT2D eigenvalue weighted by Gasteiger charge is 2.38. The number of carbonyl (C=O) groups is 1.